The first kappa shape index (κ1) is 21.8. The highest BCUT2D eigenvalue weighted by Crippen LogP contribution is 2.32. The Balaban J connectivity index is 1.39. The van der Waals surface area contributed by atoms with Gasteiger partial charge in [-0.3, -0.25) is 14.9 Å². The van der Waals surface area contributed by atoms with Crippen molar-refractivity contribution in [1.29, 1.82) is 0 Å². The molecule has 4 rings (SSSR count). The molecule has 0 spiro atoms. The minimum Gasteiger partial charge on any atom is -0.354 e. The highest BCUT2D eigenvalue weighted by molar-refractivity contribution is 8.00. The van der Waals surface area contributed by atoms with E-state index in [2.05, 4.69) is 29.6 Å². The lowest BCUT2D eigenvalue weighted by atomic mass is 9.81. The van der Waals surface area contributed by atoms with Crippen LogP contribution in [0.4, 0.5) is 0 Å². The van der Waals surface area contributed by atoms with Gasteiger partial charge in [-0.2, -0.15) is 0 Å². The number of nitrogens with one attached hydrogen (secondary N) is 1. The number of carbonyl (C=O) groups excluding carboxylic acids is 2. The van der Waals surface area contributed by atoms with Crippen LogP contribution in [0.2, 0.25) is 0 Å². The van der Waals surface area contributed by atoms with E-state index in [1.54, 1.807) is 26.0 Å². The van der Waals surface area contributed by atoms with Gasteiger partial charge in [0, 0.05) is 33.1 Å². The van der Waals surface area contributed by atoms with Crippen molar-refractivity contribution in [2.45, 2.75) is 62.1 Å². The molecule has 6 nitrogen and oxygen atoms in total. The summed E-state index contributed by atoms with van der Waals surface area (Å²) in [7, 11) is 3.21. The lowest BCUT2D eigenvalue weighted by Crippen LogP contribution is -2.54. The van der Waals surface area contributed by atoms with Crippen molar-refractivity contribution >= 4 is 23.5 Å². The average molecular weight is 433 g/mol. The average Bonchev–Trinajstić information content (AvgIpc) is 3.44. The summed E-state index contributed by atoms with van der Waals surface area (Å²) >= 11 is 1.57. The Morgan fingerprint density at radius 3 is 2.73 bits per heavy atom. The number of fused-ring (bicyclic) bond motifs is 1. The number of ketones is 1. The van der Waals surface area contributed by atoms with E-state index in [4.69, 9.17) is 9.47 Å². The van der Waals surface area contributed by atoms with Crippen LogP contribution in [-0.2, 0) is 31.9 Å². The minimum atomic E-state index is -0.451. The Hall–Kier alpha value is -1.41. The summed E-state index contributed by atoms with van der Waals surface area (Å²) in [6.45, 7) is 0.690. The van der Waals surface area contributed by atoms with Crippen LogP contribution >= 0.6 is 11.8 Å². The number of rotatable bonds is 7. The van der Waals surface area contributed by atoms with Gasteiger partial charge in [0.25, 0.3) is 0 Å². The lowest BCUT2D eigenvalue weighted by Gasteiger charge is -2.32. The van der Waals surface area contributed by atoms with Gasteiger partial charge in [-0.25, -0.2) is 0 Å². The summed E-state index contributed by atoms with van der Waals surface area (Å²) in [5, 5.41) is 2.98. The van der Waals surface area contributed by atoms with E-state index in [1.807, 2.05) is 4.90 Å². The number of methoxy groups -OCH3 is 2. The number of amides is 1. The molecule has 2 heterocycles. The topological polar surface area (TPSA) is 67.9 Å². The Morgan fingerprint density at radius 2 is 1.97 bits per heavy atom. The molecule has 164 valence electrons. The summed E-state index contributed by atoms with van der Waals surface area (Å²) < 4.78 is 10.8. The van der Waals surface area contributed by atoms with Crippen LogP contribution in [-0.4, -0.2) is 66.9 Å². The number of aryl methyl sites for hydroxylation is 1. The molecule has 0 saturated carbocycles. The summed E-state index contributed by atoms with van der Waals surface area (Å²) in [6, 6.07) is 8.00. The monoisotopic (exact) mass is 432 g/mol. The van der Waals surface area contributed by atoms with Gasteiger partial charge < -0.3 is 14.4 Å². The maximum absolute atomic E-state index is 13.4. The molecule has 1 amide bonds. The van der Waals surface area contributed by atoms with Gasteiger partial charge in [0.1, 0.15) is 11.8 Å². The Morgan fingerprint density at radius 1 is 1.20 bits per heavy atom. The van der Waals surface area contributed by atoms with E-state index in [0.29, 0.717) is 24.8 Å². The quantitative estimate of drug-likeness (QED) is 0.668. The highest BCUT2D eigenvalue weighted by Gasteiger charge is 2.44. The summed E-state index contributed by atoms with van der Waals surface area (Å²) in [5.41, 5.74) is 2.79. The standard InChI is InChI=1S/C23H32N2O4S/c1-28-23(29-2)18-8-5-11-25(18)22(27)20-21(30-14-24-20)19(26)13-15-9-10-16-6-3-4-7-17(16)12-15/h3-4,6-7,15,18,20-21,23-24H,5,8-14H2,1-2H3/t15-,18-,20-,21?/m0/s1. The zero-order chi connectivity index (χ0) is 21.1. The van der Waals surface area contributed by atoms with Crippen LogP contribution in [0.25, 0.3) is 0 Å². The molecule has 0 aromatic heterocycles. The second-order valence-electron chi connectivity index (χ2n) is 8.54. The molecule has 4 atom stereocenters. The molecule has 30 heavy (non-hydrogen) atoms. The number of Topliss-reactive ketones (excluding diaryl/α,β-unsaturated/α-hetero) is 1. The van der Waals surface area contributed by atoms with E-state index < -0.39 is 12.3 Å². The van der Waals surface area contributed by atoms with Crippen molar-refractivity contribution in [1.82, 2.24) is 10.2 Å². The molecule has 1 unspecified atom stereocenters. The summed E-state index contributed by atoms with van der Waals surface area (Å²) in [6.07, 6.45) is 4.96. The van der Waals surface area contributed by atoms with Gasteiger partial charge in [0.05, 0.1) is 11.3 Å². The zero-order valence-corrected chi connectivity index (χ0v) is 18.7. The van der Waals surface area contributed by atoms with Gasteiger partial charge in [-0.1, -0.05) is 24.3 Å². The molecule has 2 aliphatic heterocycles. The van der Waals surface area contributed by atoms with Crippen molar-refractivity contribution in [3.8, 4) is 0 Å². The highest BCUT2D eigenvalue weighted by atomic mass is 32.2. The fourth-order valence-corrected chi connectivity index (χ4v) is 6.36. The molecular formula is C23H32N2O4S. The number of benzene rings is 1. The number of carbonyl (C=O) groups is 2. The van der Waals surface area contributed by atoms with Crippen LogP contribution in [0.3, 0.4) is 0 Å². The fraction of sp³-hybridized carbons (Fsp3) is 0.652. The molecule has 7 heteroatoms. The summed E-state index contributed by atoms with van der Waals surface area (Å²) in [5.74, 6) is 1.22. The van der Waals surface area contributed by atoms with Gasteiger partial charge in [-0.05, 0) is 49.1 Å². The number of nitrogens with zero attached hydrogens (tertiary/aromatic N) is 1. The number of ether oxygens (including phenoxy) is 2. The first-order valence-corrected chi connectivity index (χ1v) is 12.0. The maximum Gasteiger partial charge on any atom is 0.241 e. The molecule has 0 bridgehead atoms. The van der Waals surface area contributed by atoms with Crippen LogP contribution in [0.5, 0.6) is 0 Å². The number of hydrogen-bond acceptors (Lipinski definition) is 6. The lowest BCUT2D eigenvalue weighted by molar-refractivity contribution is -0.158. The molecule has 0 radical (unpaired) electrons. The third-order valence-corrected chi connectivity index (χ3v) is 7.98. The first-order chi connectivity index (χ1) is 14.6. The number of likely N-dealkylation sites (tertiary alicyclic amines) is 1. The van der Waals surface area contributed by atoms with Crippen molar-refractivity contribution in [2.75, 3.05) is 26.6 Å². The van der Waals surface area contributed by atoms with Gasteiger partial charge in [-0.15, -0.1) is 11.8 Å². The summed E-state index contributed by atoms with van der Waals surface area (Å²) in [4.78, 5) is 28.4. The first-order valence-electron chi connectivity index (χ1n) is 10.9. The normalized spacial score (nSPS) is 28.7. The third kappa shape index (κ3) is 4.44. The van der Waals surface area contributed by atoms with Gasteiger partial charge in [0.2, 0.25) is 5.91 Å². The zero-order valence-electron chi connectivity index (χ0n) is 17.8. The molecule has 2 fully saturated rings. The largest absolute Gasteiger partial charge is 0.354 e. The molecule has 1 aromatic rings. The van der Waals surface area contributed by atoms with Gasteiger partial charge >= 0.3 is 0 Å². The van der Waals surface area contributed by atoms with Crippen molar-refractivity contribution < 1.29 is 19.1 Å². The molecule has 1 N–H and O–H groups in total. The Bertz CT molecular complexity index is 769. The van der Waals surface area contributed by atoms with Crippen LogP contribution < -0.4 is 5.32 Å². The predicted octanol–water partition coefficient (Wildman–Crippen LogP) is 2.39. The van der Waals surface area contributed by atoms with Gasteiger partial charge in [0.15, 0.2) is 6.29 Å². The van der Waals surface area contributed by atoms with E-state index >= 15 is 0 Å². The maximum atomic E-state index is 13.4. The second kappa shape index (κ2) is 9.81. The van der Waals surface area contributed by atoms with E-state index in [0.717, 1.165) is 32.1 Å². The molecule has 1 aliphatic carbocycles. The second-order valence-corrected chi connectivity index (χ2v) is 9.67. The molecule has 3 aliphatic rings. The van der Waals surface area contributed by atoms with E-state index in [1.165, 1.54) is 11.1 Å². The molecular weight excluding hydrogens is 400 g/mol. The van der Waals surface area contributed by atoms with Crippen LogP contribution in [0.15, 0.2) is 24.3 Å². The van der Waals surface area contributed by atoms with Crippen molar-refractivity contribution in [2.24, 2.45) is 5.92 Å². The van der Waals surface area contributed by atoms with Crippen molar-refractivity contribution in [3.05, 3.63) is 35.4 Å². The Labute approximate surface area is 183 Å². The third-order valence-electron chi connectivity index (χ3n) is 6.75. The van der Waals surface area contributed by atoms with Crippen LogP contribution in [0, 0.1) is 5.92 Å². The fourth-order valence-electron chi connectivity index (χ4n) is 5.21. The molecule has 2 saturated heterocycles. The van der Waals surface area contributed by atoms with E-state index in [9.17, 15) is 9.59 Å². The van der Waals surface area contributed by atoms with Crippen molar-refractivity contribution in [3.63, 3.8) is 0 Å². The number of hydrogen-bond donors (Lipinski definition) is 1. The SMILES string of the molecule is COC(OC)[C@@H]1CCCN1C(=O)[C@H]1NCSC1C(=O)C[C@H]1CCc2ccccc2C1. The Kier molecular flexibility index (Phi) is 7.13. The minimum absolute atomic E-state index is 0.00828. The molecule has 1 aromatic carbocycles. The van der Waals surface area contributed by atoms with Crippen LogP contribution in [0.1, 0.15) is 36.8 Å². The predicted molar refractivity (Wildman–Crippen MR) is 117 cm³/mol. The smallest absolute Gasteiger partial charge is 0.241 e. The van der Waals surface area contributed by atoms with E-state index in [-0.39, 0.29) is 23.0 Å². The number of thioether (sulfide) groups is 1.